The standard InChI is InChI=1S/C32H40N4O8S2/c1-6-20-16-32(20,30(40)35-46(41,42)23-10-11-23)34-28(38)25-15-22(18-36(25)29(39)27(37)31(2,3)4)44-33-17-19-14-21(43-5)9-12-24(19)26-8-7-13-45-26/h6-9,12-14,17,20,22-23,25,27,37H,1,10-11,15-16,18H2,2-5H3,(H,34,38)(H,35,40)/b33-17+/t20-,22?,25?,27-,32+/m1/s1. The molecule has 12 nitrogen and oxygen atoms in total. The van der Waals surface area contributed by atoms with Crippen LogP contribution in [0.1, 0.15) is 52.0 Å². The van der Waals surface area contributed by atoms with E-state index in [0.29, 0.717) is 18.6 Å². The molecule has 0 radical (unpaired) electrons. The van der Waals surface area contributed by atoms with Crippen molar-refractivity contribution in [3.05, 3.63) is 53.9 Å². The van der Waals surface area contributed by atoms with Gasteiger partial charge in [-0.25, -0.2) is 8.42 Å². The zero-order valence-corrected chi connectivity index (χ0v) is 27.9. The van der Waals surface area contributed by atoms with E-state index in [-0.39, 0.29) is 19.4 Å². The van der Waals surface area contributed by atoms with Crippen molar-refractivity contribution < 1.29 is 37.5 Å². The van der Waals surface area contributed by atoms with Crippen molar-refractivity contribution in [3.8, 4) is 16.2 Å². The number of hydrogen-bond donors (Lipinski definition) is 3. The molecule has 2 aliphatic carbocycles. The number of benzene rings is 1. The summed E-state index contributed by atoms with van der Waals surface area (Å²) in [4.78, 5) is 48.6. The highest BCUT2D eigenvalue weighted by Crippen LogP contribution is 2.45. The van der Waals surface area contributed by atoms with Gasteiger partial charge in [0.25, 0.3) is 11.8 Å². The van der Waals surface area contributed by atoms with Crippen LogP contribution in [-0.4, -0.2) is 85.1 Å². The summed E-state index contributed by atoms with van der Waals surface area (Å²) in [5, 5.41) is 19.1. The van der Waals surface area contributed by atoms with Gasteiger partial charge in [-0.1, -0.05) is 38.1 Å². The number of methoxy groups -OCH3 is 1. The second-order valence-corrected chi connectivity index (χ2v) is 16.0. The molecule has 2 aromatic rings. The number of thiophene rings is 1. The first kappa shape index (κ1) is 33.6. The summed E-state index contributed by atoms with van der Waals surface area (Å²) in [5.74, 6) is -2.02. The minimum Gasteiger partial charge on any atom is -0.497 e. The summed E-state index contributed by atoms with van der Waals surface area (Å²) in [5.41, 5.74) is -0.670. The number of carbonyl (C=O) groups is 3. The first-order valence-corrected chi connectivity index (χ1v) is 17.5. The quantitative estimate of drug-likeness (QED) is 0.176. The molecule has 1 aromatic carbocycles. The number of oxime groups is 1. The molecule has 3 aliphatic rings. The van der Waals surface area contributed by atoms with Crippen molar-refractivity contribution >= 4 is 45.3 Å². The Morgan fingerprint density at radius 1 is 1.24 bits per heavy atom. The number of nitrogens with zero attached hydrogens (tertiary/aromatic N) is 2. The Labute approximate surface area is 272 Å². The number of hydrogen-bond acceptors (Lipinski definition) is 10. The largest absolute Gasteiger partial charge is 0.497 e. The van der Waals surface area contributed by atoms with Gasteiger partial charge in [-0.15, -0.1) is 17.9 Å². The van der Waals surface area contributed by atoms with E-state index < -0.39 is 68.1 Å². The second kappa shape index (κ2) is 12.8. The molecule has 2 unspecified atom stereocenters. The topological polar surface area (TPSA) is 164 Å². The first-order valence-electron chi connectivity index (χ1n) is 15.1. The van der Waals surface area contributed by atoms with Crippen molar-refractivity contribution in [2.24, 2.45) is 16.5 Å². The zero-order valence-electron chi connectivity index (χ0n) is 26.3. The number of likely N-dealkylation sites (tertiary alicyclic amines) is 1. The van der Waals surface area contributed by atoms with Crippen molar-refractivity contribution in [2.45, 2.75) is 75.5 Å². The van der Waals surface area contributed by atoms with E-state index in [2.05, 4.69) is 21.8 Å². The number of rotatable bonds is 12. The van der Waals surface area contributed by atoms with Gasteiger partial charge in [-0.05, 0) is 54.3 Å². The Balaban J connectivity index is 1.35. The molecule has 5 rings (SSSR count). The summed E-state index contributed by atoms with van der Waals surface area (Å²) < 4.78 is 32.5. The van der Waals surface area contributed by atoms with Crippen LogP contribution in [0.15, 0.2) is 53.5 Å². The first-order chi connectivity index (χ1) is 21.7. The lowest BCUT2D eigenvalue weighted by molar-refractivity contribution is -0.150. The monoisotopic (exact) mass is 672 g/mol. The van der Waals surface area contributed by atoms with Crippen LogP contribution in [0.2, 0.25) is 0 Å². The maximum Gasteiger partial charge on any atom is 0.259 e. The van der Waals surface area contributed by atoms with Crippen LogP contribution in [-0.2, 0) is 29.2 Å². The highest BCUT2D eigenvalue weighted by Gasteiger charge is 2.62. The summed E-state index contributed by atoms with van der Waals surface area (Å²) in [6.45, 7) is 8.80. The van der Waals surface area contributed by atoms with Crippen LogP contribution in [0.3, 0.4) is 0 Å². The minimum absolute atomic E-state index is 0.0263. The molecule has 1 saturated heterocycles. The minimum atomic E-state index is -3.86. The molecular formula is C32H40N4O8S2. The van der Waals surface area contributed by atoms with E-state index in [4.69, 9.17) is 9.57 Å². The van der Waals surface area contributed by atoms with E-state index in [9.17, 15) is 27.9 Å². The van der Waals surface area contributed by atoms with Gasteiger partial charge in [0.05, 0.1) is 25.1 Å². The third kappa shape index (κ3) is 6.98. The van der Waals surface area contributed by atoms with Gasteiger partial charge >= 0.3 is 0 Å². The molecular weight excluding hydrogens is 633 g/mol. The molecule has 2 heterocycles. The number of nitrogens with one attached hydrogen (secondary N) is 2. The Bertz CT molecular complexity index is 1630. The number of aliphatic hydroxyl groups is 1. The Morgan fingerprint density at radius 3 is 2.57 bits per heavy atom. The molecule has 2 saturated carbocycles. The van der Waals surface area contributed by atoms with Crippen LogP contribution in [0.25, 0.3) is 10.4 Å². The molecule has 248 valence electrons. The van der Waals surface area contributed by atoms with Gasteiger partial charge in [-0.2, -0.15) is 0 Å². The average Bonchev–Trinajstić information content (AvgIpc) is 3.88. The predicted molar refractivity (Wildman–Crippen MR) is 174 cm³/mol. The van der Waals surface area contributed by atoms with E-state index in [1.54, 1.807) is 45.4 Å². The van der Waals surface area contributed by atoms with Crippen molar-refractivity contribution in [1.82, 2.24) is 14.9 Å². The molecule has 14 heteroatoms. The van der Waals surface area contributed by atoms with Gasteiger partial charge in [0.2, 0.25) is 15.9 Å². The zero-order chi connectivity index (χ0) is 33.4. The molecule has 3 N–H and O–H groups in total. The molecule has 5 atom stereocenters. The molecule has 46 heavy (non-hydrogen) atoms. The van der Waals surface area contributed by atoms with Crippen molar-refractivity contribution in [2.75, 3.05) is 13.7 Å². The Morgan fingerprint density at radius 2 is 1.98 bits per heavy atom. The molecule has 3 fully saturated rings. The number of sulfonamides is 1. The third-order valence-corrected chi connectivity index (χ3v) is 11.3. The van der Waals surface area contributed by atoms with Crippen LogP contribution in [0, 0.1) is 11.3 Å². The Kier molecular flexibility index (Phi) is 9.35. The fraction of sp³-hybridized carbons (Fsp3) is 0.500. The van der Waals surface area contributed by atoms with Crippen LogP contribution in [0.4, 0.5) is 0 Å². The van der Waals surface area contributed by atoms with E-state index in [1.165, 1.54) is 11.0 Å². The van der Waals surface area contributed by atoms with Gasteiger partial charge in [0.1, 0.15) is 29.5 Å². The van der Waals surface area contributed by atoms with Gasteiger partial charge in [0.15, 0.2) is 0 Å². The number of ether oxygens (including phenoxy) is 1. The smallest absolute Gasteiger partial charge is 0.259 e. The van der Waals surface area contributed by atoms with E-state index >= 15 is 0 Å². The molecule has 1 aromatic heterocycles. The lowest BCUT2D eigenvalue weighted by Crippen LogP contribution is -2.57. The third-order valence-electron chi connectivity index (χ3n) is 8.60. The summed E-state index contributed by atoms with van der Waals surface area (Å²) in [6, 6.07) is 8.41. The SMILES string of the molecule is C=C[C@@H]1C[C@@]1(NC(=O)C1CC(O/N=C/c2cc(OC)ccc2-c2cccs2)CN1C(=O)[C@@H](O)C(C)(C)C)C(=O)NS(=O)(=O)C1CC1. The van der Waals surface area contributed by atoms with Crippen LogP contribution < -0.4 is 14.8 Å². The predicted octanol–water partition coefficient (Wildman–Crippen LogP) is 2.82. The van der Waals surface area contributed by atoms with Crippen LogP contribution in [0.5, 0.6) is 5.75 Å². The van der Waals surface area contributed by atoms with Crippen molar-refractivity contribution in [3.63, 3.8) is 0 Å². The summed E-state index contributed by atoms with van der Waals surface area (Å²) >= 11 is 1.57. The number of amides is 3. The normalized spacial score (nSPS) is 25.2. The molecule has 0 bridgehead atoms. The lowest BCUT2D eigenvalue weighted by Gasteiger charge is -2.32. The van der Waals surface area contributed by atoms with E-state index in [0.717, 1.165) is 16.0 Å². The summed E-state index contributed by atoms with van der Waals surface area (Å²) in [7, 11) is -2.29. The maximum absolute atomic E-state index is 13.8. The fourth-order valence-corrected chi connectivity index (χ4v) is 7.65. The molecule has 1 aliphatic heterocycles. The fourth-order valence-electron chi connectivity index (χ4n) is 5.52. The number of carbonyl (C=O) groups excluding carboxylic acids is 3. The van der Waals surface area contributed by atoms with Crippen molar-refractivity contribution in [1.29, 1.82) is 0 Å². The van der Waals surface area contributed by atoms with E-state index in [1.807, 2.05) is 35.7 Å². The highest BCUT2D eigenvalue weighted by atomic mass is 32.2. The molecule has 3 amide bonds. The Hall–Kier alpha value is -3.75. The molecule has 0 spiro atoms. The number of aliphatic hydroxyl groups excluding tert-OH is 1. The second-order valence-electron chi connectivity index (χ2n) is 13.1. The lowest BCUT2D eigenvalue weighted by atomic mass is 9.88. The van der Waals surface area contributed by atoms with Gasteiger partial charge in [0, 0.05) is 28.3 Å². The van der Waals surface area contributed by atoms with Crippen LogP contribution >= 0.6 is 11.3 Å². The van der Waals surface area contributed by atoms with Gasteiger partial charge in [-0.3, -0.25) is 19.1 Å². The highest BCUT2D eigenvalue weighted by molar-refractivity contribution is 7.91. The average molecular weight is 673 g/mol. The van der Waals surface area contributed by atoms with Gasteiger partial charge < -0.3 is 24.9 Å². The maximum atomic E-state index is 13.8. The summed E-state index contributed by atoms with van der Waals surface area (Å²) in [6.07, 6.45) is 2.04.